The van der Waals surface area contributed by atoms with Gasteiger partial charge >= 0.3 is 5.97 Å². The van der Waals surface area contributed by atoms with E-state index in [0.717, 1.165) is 25.0 Å². The minimum absolute atomic E-state index is 0.238. The maximum Gasteiger partial charge on any atom is 0.338 e. The molecule has 1 aromatic carbocycles. The van der Waals surface area contributed by atoms with E-state index in [4.69, 9.17) is 5.11 Å². The number of aryl methyl sites for hydroxylation is 1. The summed E-state index contributed by atoms with van der Waals surface area (Å²) in [6, 6.07) is 4.61. The van der Waals surface area contributed by atoms with Crippen LogP contribution < -0.4 is 0 Å². The van der Waals surface area contributed by atoms with E-state index in [9.17, 15) is 9.18 Å². The van der Waals surface area contributed by atoms with Crippen molar-refractivity contribution in [3.05, 3.63) is 40.8 Å². The van der Waals surface area contributed by atoms with Crippen LogP contribution in [0.4, 0.5) is 4.39 Å². The van der Waals surface area contributed by atoms with Crippen molar-refractivity contribution in [3.8, 4) is 0 Å². The van der Waals surface area contributed by atoms with Crippen LogP contribution in [-0.4, -0.2) is 16.1 Å². The normalized spacial score (nSPS) is 18.3. The van der Waals surface area contributed by atoms with Crippen molar-refractivity contribution in [3.63, 3.8) is 0 Å². The Kier molecular flexibility index (Phi) is 3.42. The molecule has 1 aliphatic rings. The topological polar surface area (TPSA) is 50.2 Å². The minimum Gasteiger partial charge on any atom is -0.478 e. The largest absolute Gasteiger partial charge is 0.478 e. The standard InChI is InChI=1S/C18H20FNO2/c1-18(2,3)12-4-5-15-10(7-12)6-11-8-13(17(21)22)14(19)9-16(11)20-15/h6,8-9,12H,4-5,7H2,1-3H3,(H,21,22)/t12-/m0/s1. The van der Waals surface area contributed by atoms with Crippen LogP contribution in [0.5, 0.6) is 0 Å². The van der Waals surface area contributed by atoms with Crippen LogP contribution in [0.25, 0.3) is 10.9 Å². The molecule has 3 nitrogen and oxygen atoms in total. The molecule has 1 aliphatic carbocycles. The number of carboxylic acids is 1. The van der Waals surface area contributed by atoms with Gasteiger partial charge in [-0.1, -0.05) is 20.8 Å². The number of hydrogen-bond donors (Lipinski definition) is 1. The molecule has 22 heavy (non-hydrogen) atoms. The van der Waals surface area contributed by atoms with E-state index in [1.54, 1.807) is 0 Å². The molecule has 1 atom stereocenters. The Morgan fingerprint density at radius 3 is 2.68 bits per heavy atom. The highest BCUT2D eigenvalue weighted by Gasteiger charge is 2.29. The Morgan fingerprint density at radius 2 is 2.05 bits per heavy atom. The third kappa shape index (κ3) is 2.58. The lowest BCUT2D eigenvalue weighted by molar-refractivity contribution is 0.0692. The molecule has 0 spiro atoms. The van der Waals surface area contributed by atoms with Crippen LogP contribution >= 0.6 is 0 Å². The fourth-order valence-electron chi connectivity index (χ4n) is 3.25. The number of nitrogens with zero attached hydrogens (tertiary/aromatic N) is 1. The molecule has 0 amide bonds. The monoisotopic (exact) mass is 301 g/mol. The van der Waals surface area contributed by atoms with Gasteiger partial charge in [0.25, 0.3) is 0 Å². The van der Waals surface area contributed by atoms with Crippen LogP contribution in [-0.2, 0) is 12.8 Å². The Morgan fingerprint density at radius 1 is 1.32 bits per heavy atom. The molecule has 0 saturated carbocycles. The molecule has 0 aliphatic heterocycles. The SMILES string of the molecule is CC(C)(C)[C@H]1CCc2nc3cc(F)c(C(=O)O)cc3cc2C1. The van der Waals surface area contributed by atoms with E-state index >= 15 is 0 Å². The Bertz CT molecular complexity index is 762. The van der Waals surface area contributed by atoms with Crippen molar-refractivity contribution in [1.82, 2.24) is 4.98 Å². The first-order valence-electron chi connectivity index (χ1n) is 7.61. The molecule has 2 aromatic rings. The zero-order valence-electron chi connectivity index (χ0n) is 13.1. The van der Waals surface area contributed by atoms with E-state index in [1.165, 1.54) is 17.7 Å². The molecule has 1 heterocycles. The predicted octanol–water partition coefficient (Wildman–Crippen LogP) is 4.22. The van der Waals surface area contributed by atoms with Crippen LogP contribution in [0.3, 0.4) is 0 Å². The van der Waals surface area contributed by atoms with Gasteiger partial charge in [-0.3, -0.25) is 4.98 Å². The fraction of sp³-hybridized carbons (Fsp3) is 0.444. The van der Waals surface area contributed by atoms with Crippen LogP contribution in [0.2, 0.25) is 0 Å². The zero-order valence-corrected chi connectivity index (χ0v) is 13.1. The van der Waals surface area contributed by atoms with E-state index in [1.807, 2.05) is 6.07 Å². The van der Waals surface area contributed by atoms with Crippen LogP contribution in [0, 0.1) is 17.2 Å². The number of carbonyl (C=O) groups is 1. The van der Waals surface area contributed by atoms with Gasteiger partial charge in [0.1, 0.15) is 5.82 Å². The summed E-state index contributed by atoms with van der Waals surface area (Å²) >= 11 is 0. The third-order valence-electron chi connectivity index (χ3n) is 4.72. The molecule has 0 radical (unpaired) electrons. The van der Waals surface area contributed by atoms with Crippen LogP contribution in [0.15, 0.2) is 18.2 Å². The van der Waals surface area contributed by atoms with Crippen molar-refractivity contribution < 1.29 is 14.3 Å². The first-order valence-corrected chi connectivity index (χ1v) is 7.61. The predicted molar refractivity (Wildman–Crippen MR) is 83.6 cm³/mol. The number of aromatic carboxylic acids is 1. The number of benzene rings is 1. The van der Waals surface area contributed by atoms with Gasteiger partial charge in [0.15, 0.2) is 0 Å². The lowest BCUT2D eigenvalue weighted by Crippen LogP contribution is -2.27. The van der Waals surface area contributed by atoms with Gasteiger partial charge in [-0.25, -0.2) is 9.18 Å². The van der Waals surface area contributed by atoms with Gasteiger partial charge < -0.3 is 5.11 Å². The number of rotatable bonds is 1. The number of pyridine rings is 1. The molecule has 0 fully saturated rings. The summed E-state index contributed by atoms with van der Waals surface area (Å²) in [4.78, 5) is 15.6. The van der Waals surface area contributed by atoms with Gasteiger partial charge in [0.05, 0.1) is 11.1 Å². The van der Waals surface area contributed by atoms with Gasteiger partial charge in [-0.05, 0) is 48.3 Å². The number of fused-ring (bicyclic) bond motifs is 2. The van der Waals surface area contributed by atoms with E-state index in [-0.39, 0.29) is 11.0 Å². The highest BCUT2D eigenvalue weighted by atomic mass is 19.1. The summed E-state index contributed by atoms with van der Waals surface area (Å²) in [5, 5.41) is 9.75. The molecule has 0 bridgehead atoms. The lowest BCUT2D eigenvalue weighted by atomic mass is 9.71. The summed E-state index contributed by atoms with van der Waals surface area (Å²) in [6.07, 6.45) is 2.93. The molecule has 0 saturated heterocycles. The summed E-state index contributed by atoms with van der Waals surface area (Å²) in [5.74, 6) is -1.39. The molecule has 0 unspecified atom stereocenters. The maximum absolute atomic E-state index is 13.8. The zero-order chi connectivity index (χ0) is 16.1. The van der Waals surface area contributed by atoms with E-state index in [0.29, 0.717) is 16.8 Å². The second-order valence-corrected chi connectivity index (χ2v) is 7.23. The first-order chi connectivity index (χ1) is 10.3. The minimum atomic E-state index is -1.25. The Labute approximate surface area is 129 Å². The molecule has 1 aromatic heterocycles. The molecule has 1 N–H and O–H groups in total. The Hall–Kier alpha value is -1.97. The molecule has 116 valence electrons. The fourth-order valence-corrected chi connectivity index (χ4v) is 3.25. The van der Waals surface area contributed by atoms with E-state index < -0.39 is 11.8 Å². The van der Waals surface area contributed by atoms with Crippen molar-refractivity contribution in [1.29, 1.82) is 0 Å². The van der Waals surface area contributed by atoms with Crippen molar-refractivity contribution >= 4 is 16.9 Å². The molecule has 3 rings (SSSR count). The van der Waals surface area contributed by atoms with Gasteiger partial charge in [-0.15, -0.1) is 0 Å². The average molecular weight is 301 g/mol. The second-order valence-electron chi connectivity index (χ2n) is 7.23. The third-order valence-corrected chi connectivity index (χ3v) is 4.72. The highest BCUT2D eigenvalue weighted by Crippen LogP contribution is 2.37. The van der Waals surface area contributed by atoms with Crippen molar-refractivity contribution in [2.45, 2.75) is 40.0 Å². The van der Waals surface area contributed by atoms with Crippen LogP contribution in [0.1, 0.15) is 48.8 Å². The average Bonchev–Trinajstić information content (AvgIpc) is 2.42. The Balaban J connectivity index is 2.09. The van der Waals surface area contributed by atoms with Crippen molar-refractivity contribution in [2.75, 3.05) is 0 Å². The quantitative estimate of drug-likeness (QED) is 0.858. The van der Waals surface area contributed by atoms with Crippen molar-refractivity contribution in [2.24, 2.45) is 11.3 Å². The number of aromatic nitrogens is 1. The molecular formula is C18H20FNO2. The lowest BCUT2D eigenvalue weighted by Gasteiger charge is -2.34. The molecular weight excluding hydrogens is 281 g/mol. The molecule has 4 heteroatoms. The summed E-state index contributed by atoms with van der Waals surface area (Å²) in [5.41, 5.74) is 2.67. The van der Waals surface area contributed by atoms with Gasteiger partial charge in [0, 0.05) is 17.1 Å². The highest BCUT2D eigenvalue weighted by molar-refractivity contribution is 5.93. The summed E-state index contributed by atoms with van der Waals surface area (Å²) in [7, 11) is 0. The second kappa shape index (κ2) is 5.04. The van der Waals surface area contributed by atoms with Gasteiger partial charge in [0.2, 0.25) is 0 Å². The van der Waals surface area contributed by atoms with Gasteiger partial charge in [-0.2, -0.15) is 0 Å². The number of carboxylic acid groups (broad SMARTS) is 1. The smallest absolute Gasteiger partial charge is 0.338 e. The number of hydrogen-bond acceptors (Lipinski definition) is 2. The first kappa shape index (κ1) is 14.9. The van der Waals surface area contributed by atoms with E-state index in [2.05, 4.69) is 25.8 Å². The summed E-state index contributed by atoms with van der Waals surface area (Å²) < 4.78 is 13.8. The number of halogens is 1. The summed E-state index contributed by atoms with van der Waals surface area (Å²) in [6.45, 7) is 6.74. The maximum atomic E-state index is 13.8.